The number of nitrogens with two attached hydrogens (primary N) is 1. The highest BCUT2D eigenvalue weighted by atomic mass is 16.4. The monoisotopic (exact) mass is 412 g/mol. The van der Waals surface area contributed by atoms with E-state index in [0.717, 1.165) is 22.3 Å². The van der Waals surface area contributed by atoms with Crippen LogP contribution in [0.2, 0.25) is 0 Å². The zero-order chi connectivity index (χ0) is 21.8. The third-order valence-electron chi connectivity index (χ3n) is 4.67. The van der Waals surface area contributed by atoms with Crippen LogP contribution in [0.4, 0.5) is 5.69 Å². The van der Waals surface area contributed by atoms with Gasteiger partial charge in [-0.2, -0.15) is 0 Å². The molecule has 4 rings (SSSR count). The molecule has 7 heteroatoms. The van der Waals surface area contributed by atoms with E-state index in [1.165, 1.54) is 0 Å². The highest BCUT2D eigenvalue weighted by Gasteiger charge is 2.12. The first-order valence-corrected chi connectivity index (χ1v) is 9.67. The van der Waals surface area contributed by atoms with E-state index in [1.807, 2.05) is 31.2 Å². The van der Waals surface area contributed by atoms with E-state index in [1.54, 1.807) is 48.5 Å². The minimum atomic E-state index is -0.399. The standard InChI is InChI=1S/C24H20N4O3/c1-15-3-2-4-19(13-15)24-28-27-23(31-24)18-9-7-17(8-10-18)22(30)26-20-11-5-16(6-12-20)14-21(25)29/h2-13H,14H2,1H3,(H2,25,29)(H,26,30). The summed E-state index contributed by atoms with van der Waals surface area (Å²) in [6, 6.07) is 21.7. The smallest absolute Gasteiger partial charge is 0.255 e. The number of hydrogen-bond acceptors (Lipinski definition) is 5. The molecule has 0 atom stereocenters. The van der Waals surface area contributed by atoms with Gasteiger partial charge >= 0.3 is 0 Å². The summed E-state index contributed by atoms with van der Waals surface area (Å²) in [7, 11) is 0. The summed E-state index contributed by atoms with van der Waals surface area (Å²) < 4.78 is 5.79. The maximum Gasteiger partial charge on any atom is 0.255 e. The van der Waals surface area contributed by atoms with Crippen molar-refractivity contribution in [2.45, 2.75) is 13.3 Å². The van der Waals surface area contributed by atoms with Gasteiger partial charge in [-0.15, -0.1) is 10.2 Å². The Balaban J connectivity index is 1.44. The Morgan fingerprint density at radius 2 is 1.58 bits per heavy atom. The minimum absolute atomic E-state index is 0.164. The van der Waals surface area contributed by atoms with Crippen molar-refractivity contribution in [2.24, 2.45) is 5.73 Å². The zero-order valence-electron chi connectivity index (χ0n) is 16.8. The predicted octanol–water partition coefficient (Wildman–Crippen LogP) is 3.99. The van der Waals surface area contributed by atoms with Crippen molar-refractivity contribution >= 4 is 17.5 Å². The molecule has 0 radical (unpaired) electrons. The molecule has 0 aliphatic carbocycles. The Bertz CT molecular complexity index is 1230. The molecule has 3 N–H and O–H groups in total. The van der Waals surface area contributed by atoms with Crippen LogP contribution < -0.4 is 11.1 Å². The van der Waals surface area contributed by atoms with Crippen LogP contribution in [-0.4, -0.2) is 22.0 Å². The molecule has 0 aliphatic heterocycles. The average molecular weight is 412 g/mol. The Morgan fingerprint density at radius 1 is 0.903 bits per heavy atom. The fourth-order valence-electron chi connectivity index (χ4n) is 3.11. The second kappa shape index (κ2) is 8.62. The third kappa shape index (κ3) is 4.84. The molecule has 0 aliphatic rings. The lowest BCUT2D eigenvalue weighted by Crippen LogP contribution is -2.14. The number of carbonyl (C=O) groups is 2. The van der Waals surface area contributed by atoms with Crippen LogP contribution in [0.5, 0.6) is 0 Å². The van der Waals surface area contributed by atoms with E-state index < -0.39 is 5.91 Å². The molecule has 0 bridgehead atoms. The number of anilines is 1. The van der Waals surface area contributed by atoms with Crippen molar-refractivity contribution in [1.29, 1.82) is 0 Å². The SMILES string of the molecule is Cc1cccc(-c2nnc(-c3ccc(C(=O)Nc4ccc(CC(N)=O)cc4)cc3)o2)c1. The molecule has 1 aromatic heterocycles. The molecular weight excluding hydrogens is 392 g/mol. The van der Waals surface area contributed by atoms with Gasteiger partial charge in [0.05, 0.1) is 6.42 Å². The van der Waals surface area contributed by atoms with Gasteiger partial charge in [0.2, 0.25) is 17.7 Å². The minimum Gasteiger partial charge on any atom is -0.416 e. The molecular formula is C24H20N4O3. The number of rotatable bonds is 6. The number of primary amides is 1. The van der Waals surface area contributed by atoms with Crippen molar-refractivity contribution in [3.63, 3.8) is 0 Å². The van der Waals surface area contributed by atoms with Gasteiger partial charge in [0.1, 0.15) is 0 Å². The molecule has 0 saturated heterocycles. The lowest BCUT2D eigenvalue weighted by Gasteiger charge is -2.06. The first-order chi connectivity index (χ1) is 15.0. The average Bonchev–Trinajstić information content (AvgIpc) is 3.25. The van der Waals surface area contributed by atoms with Gasteiger partial charge in [-0.25, -0.2) is 0 Å². The number of hydrogen-bond donors (Lipinski definition) is 2. The van der Waals surface area contributed by atoms with E-state index in [2.05, 4.69) is 15.5 Å². The van der Waals surface area contributed by atoms with Crippen LogP contribution >= 0.6 is 0 Å². The second-order valence-electron chi connectivity index (χ2n) is 7.15. The van der Waals surface area contributed by atoms with Crippen LogP contribution in [0.3, 0.4) is 0 Å². The molecule has 7 nitrogen and oxygen atoms in total. The lowest BCUT2D eigenvalue weighted by molar-refractivity contribution is -0.117. The van der Waals surface area contributed by atoms with E-state index in [9.17, 15) is 9.59 Å². The van der Waals surface area contributed by atoms with Crippen LogP contribution in [0, 0.1) is 6.92 Å². The van der Waals surface area contributed by atoms with E-state index in [-0.39, 0.29) is 12.3 Å². The molecule has 2 amide bonds. The van der Waals surface area contributed by atoms with Crippen LogP contribution in [0.15, 0.2) is 77.2 Å². The third-order valence-corrected chi connectivity index (χ3v) is 4.67. The highest BCUT2D eigenvalue weighted by Crippen LogP contribution is 2.25. The number of amides is 2. The maximum absolute atomic E-state index is 12.5. The van der Waals surface area contributed by atoms with Gasteiger partial charge in [-0.3, -0.25) is 9.59 Å². The van der Waals surface area contributed by atoms with Crippen LogP contribution in [-0.2, 0) is 11.2 Å². The summed E-state index contributed by atoms with van der Waals surface area (Å²) in [5, 5.41) is 11.1. The fourth-order valence-corrected chi connectivity index (χ4v) is 3.11. The van der Waals surface area contributed by atoms with E-state index in [0.29, 0.717) is 23.0 Å². The van der Waals surface area contributed by atoms with Crippen molar-refractivity contribution in [3.05, 3.63) is 89.5 Å². The molecule has 1 heterocycles. The number of nitrogens with zero attached hydrogens (tertiary/aromatic N) is 2. The Hall–Kier alpha value is -4.26. The topological polar surface area (TPSA) is 111 Å². The summed E-state index contributed by atoms with van der Waals surface area (Å²) in [5.41, 5.74) is 9.78. The van der Waals surface area contributed by atoms with Gasteiger partial charge in [0.15, 0.2) is 0 Å². The second-order valence-corrected chi connectivity index (χ2v) is 7.15. The van der Waals surface area contributed by atoms with Crippen LogP contribution in [0.25, 0.3) is 22.9 Å². The first-order valence-electron chi connectivity index (χ1n) is 9.67. The number of benzene rings is 3. The number of carbonyl (C=O) groups excluding carboxylic acids is 2. The molecule has 3 aromatic carbocycles. The van der Waals surface area contributed by atoms with E-state index >= 15 is 0 Å². The summed E-state index contributed by atoms with van der Waals surface area (Å²) in [4.78, 5) is 23.5. The molecule has 0 spiro atoms. The van der Waals surface area contributed by atoms with Crippen molar-refractivity contribution < 1.29 is 14.0 Å². The Morgan fingerprint density at radius 3 is 2.23 bits per heavy atom. The summed E-state index contributed by atoms with van der Waals surface area (Å²) in [6.45, 7) is 2.00. The van der Waals surface area contributed by atoms with Crippen LogP contribution in [0.1, 0.15) is 21.5 Å². The molecule has 31 heavy (non-hydrogen) atoms. The van der Waals surface area contributed by atoms with Crippen molar-refractivity contribution in [3.8, 4) is 22.9 Å². The van der Waals surface area contributed by atoms with Gasteiger partial charge in [-0.1, -0.05) is 29.8 Å². The van der Waals surface area contributed by atoms with Crippen molar-refractivity contribution in [1.82, 2.24) is 10.2 Å². The number of aryl methyl sites for hydroxylation is 1. The van der Waals surface area contributed by atoms with Gasteiger partial charge in [0.25, 0.3) is 5.91 Å². The molecule has 0 fully saturated rings. The van der Waals surface area contributed by atoms with Crippen molar-refractivity contribution in [2.75, 3.05) is 5.32 Å². The van der Waals surface area contributed by atoms with Gasteiger partial charge < -0.3 is 15.5 Å². The maximum atomic E-state index is 12.5. The van der Waals surface area contributed by atoms with Gasteiger partial charge in [-0.05, 0) is 61.0 Å². The normalized spacial score (nSPS) is 10.6. The molecule has 0 saturated carbocycles. The molecule has 4 aromatic rings. The summed E-state index contributed by atoms with van der Waals surface area (Å²) >= 11 is 0. The Kier molecular flexibility index (Phi) is 5.57. The highest BCUT2D eigenvalue weighted by molar-refractivity contribution is 6.04. The fraction of sp³-hybridized carbons (Fsp3) is 0.0833. The van der Waals surface area contributed by atoms with E-state index in [4.69, 9.17) is 10.2 Å². The Labute approximate surface area is 178 Å². The number of nitrogens with one attached hydrogen (secondary N) is 1. The predicted molar refractivity (Wildman–Crippen MR) is 117 cm³/mol. The first kappa shape index (κ1) is 20.0. The lowest BCUT2D eigenvalue weighted by atomic mass is 10.1. The zero-order valence-corrected chi connectivity index (χ0v) is 16.8. The summed E-state index contributed by atoms with van der Waals surface area (Å²) in [5.74, 6) is 0.179. The molecule has 0 unspecified atom stereocenters. The quantitative estimate of drug-likeness (QED) is 0.497. The molecule has 154 valence electrons. The summed E-state index contributed by atoms with van der Waals surface area (Å²) in [6.07, 6.45) is 0.164. The number of aromatic nitrogens is 2. The largest absolute Gasteiger partial charge is 0.416 e. The van der Waals surface area contributed by atoms with Gasteiger partial charge in [0, 0.05) is 22.4 Å².